The van der Waals surface area contributed by atoms with Gasteiger partial charge in [0.05, 0.1) is 5.92 Å². The number of carboxylic acids is 2. The number of rotatable bonds is 4. The van der Waals surface area contributed by atoms with Crippen molar-refractivity contribution in [3.63, 3.8) is 0 Å². The van der Waals surface area contributed by atoms with Gasteiger partial charge in [0.1, 0.15) is 6.04 Å². The van der Waals surface area contributed by atoms with Crippen LogP contribution < -0.4 is 0 Å². The number of piperidine rings is 1. The Balaban J connectivity index is 2.27. The van der Waals surface area contributed by atoms with Crippen molar-refractivity contribution in [3.05, 3.63) is 35.4 Å². The third-order valence-corrected chi connectivity index (χ3v) is 3.88. The molecule has 2 unspecified atom stereocenters. The molecule has 5 heteroatoms. The number of likely N-dealkylation sites (tertiary alicyclic amines) is 1. The minimum Gasteiger partial charge on any atom is -0.481 e. The van der Waals surface area contributed by atoms with Gasteiger partial charge >= 0.3 is 11.9 Å². The Kier molecular flexibility index (Phi) is 4.39. The van der Waals surface area contributed by atoms with E-state index in [4.69, 9.17) is 5.11 Å². The first-order valence-corrected chi connectivity index (χ1v) is 6.76. The Morgan fingerprint density at radius 2 is 2.00 bits per heavy atom. The fraction of sp³-hybridized carbons (Fsp3) is 0.467. The summed E-state index contributed by atoms with van der Waals surface area (Å²) in [6.07, 6.45) is 1.33. The Bertz CT molecular complexity index is 514. The molecule has 1 aromatic carbocycles. The predicted molar refractivity (Wildman–Crippen MR) is 73.5 cm³/mol. The molecule has 0 aromatic heterocycles. The second kappa shape index (κ2) is 6.05. The lowest BCUT2D eigenvalue weighted by molar-refractivity contribution is -0.149. The summed E-state index contributed by atoms with van der Waals surface area (Å²) in [5.41, 5.74) is 1.66. The van der Waals surface area contributed by atoms with Crippen LogP contribution in [0.15, 0.2) is 24.3 Å². The molecule has 1 heterocycles. The summed E-state index contributed by atoms with van der Waals surface area (Å²) in [6, 6.07) is 6.60. The Morgan fingerprint density at radius 3 is 2.60 bits per heavy atom. The third-order valence-electron chi connectivity index (χ3n) is 3.88. The fourth-order valence-electron chi connectivity index (χ4n) is 2.82. The topological polar surface area (TPSA) is 77.8 Å². The molecule has 2 rings (SSSR count). The van der Waals surface area contributed by atoms with Crippen LogP contribution in [-0.2, 0) is 9.59 Å². The maximum atomic E-state index is 11.6. The molecular weight excluding hydrogens is 258 g/mol. The van der Waals surface area contributed by atoms with E-state index in [0.717, 1.165) is 11.1 Å². The van der Waals surface area contributed by atoms with Crippen molar-refractivity contribution < 1.29 is 19.8 Å². The SMILES string of the molecule is Cc1ccccc1C(C(=O)O)N1CCCC(C(=O)O)C1. The van der Waals surface area contributed by atoms with Crippen LogP contribution in [0.1, 0.15) is 30.0 Å². The van der Waals surface area contributed by atoms with Crippen LogP contribution in [0.25, 0.3) is 0 Å². The van der Waals surface area contributed by atoms with Gasteiger partial charge < -0.3 is 10.2 Å². The van der Waals surface area contributed by atoms with E-state index < -0.39 is 23.9 Å². The molecule has 0 bridgehead atoms. The summed E-state index contributed by atoms with van der Waals surface area (Å²) in [6.45, 7) is 2.79. The van der Waals surface area contributed by atoms with Gasteiger partial charge in [-0.05, 0) is 37.4 Å². The monoisotopic (exact) mass is 277 g/mol. The van der Waals surface area contributed by atoms with Crippen molar-refractivity contribution in [3.8, 4) is 0 Å². The van der Waals surface area contributed by atoms with Crippen molar-refractivity contribution in [2.24, 2.45) is 5.92 Å². The maximum Gasteiger partial charge on any atom is 0.325 e. The quantitative estimate of drug-likeness (QED) is 0.879. The minimum absolute atomic E-state index is 0.292. The van der Waals surface area contributed by atoms with Crippen LogP contribution >= 0.6 is 0 Å². The Hall–Kier alpha value is -1.88. The summed E-state index contributed by atoms with van der Waals surface area (Å²) < 4.78 is 0. The van der Waals surface area contributed by atoms with Crippen LogP contribution in [0, 0.1) is 12.8 Å². The van der Waals surface area contributed by atoms with E-state index >= 15 is 0 Å². The number of carboxylic acid groups (broad SMARTS) is 2. The van der Waals surface area contributed by atoms with E-state index in [1.54, 1.807) is 11.0 Å². The summed E-state index contributed by atoms with van der Waals surface area (Å²) >= 11 is 0. The number of benzene rings is 1. The minimum atomic E-state index is -0.926. The molecule has 108 valence electrons. The van der Waals surface area contributed by atoms with Crippen LogP contribution in [0.2, 0.25) is 0 Å². The van der Waals surface area contributed by atoms with Crippen molar-refractivity contribution >= 4 is 11.9 Å². The largest absolute Gasteiger partial charge is 0.481 e. The molecule has 0 spiro atoms. The fourth-order valence-corrected chi connectivity index (χ4v) is 2.82. The Morgan fingerprint density at radius 1 is 1.30 bits per heavy atom. The molecule has 2 atom stereocenters. The zero-order valence-electron chi connectivity index (χ0n) is 11.5. The lowest BCUT2D eigenvalue weighted by Gasteiger charge is -2.35. The number of aliphatic carboxylic acids is 2. The lowest BCUT2D eigenvalue weighted by Crippen LogP contribution is -2.43. The number of aryl methyl sites for hydroxylation is 1. The average molecular weight is 277 g/mol. The zero-order chi connectivity index (χ0) is 14.7. The summed E-state index contributed by atoms with van der Waals surface area (Å²) in [7, 11) is 0. The van der Waals surface area contributed by atoms with Crippen molar-refractivity contribution in [2.45, 2.75) is 25.8 Å². The average Bonchev–Trinajstić information content (AvgIpc) is 2.41. The Labute approximate surface area is 117 Å². The first kappa shape index (κ1) is 14.5. The van der Waals surface area contributed by atoms with E-state index in [0.29, 0.717) is 25.9 Å². The van der Waals surface area contributed by atoms with Crippen LogP contribution in [-0.4, -0.2) is 40.1 Å². The van der Waals surface area contributed by atoms with Gasteiger partial charge in [-0.1, -0.05) is 24.3 Å². The zero-order valence-corrected chi connectivity index (χ0v) is 11.5. The van der Waals surface area contributed by atoms with Crippen LogP contribution in [0.4, 0.5) is 0 Å². The van der Waals surface area contributed by atoms with E-state index in [9.17, 15) is 14.7 Å². The summed E-state index contributed by atoms with van der Waals surface area (Å²) in [4.78, 5) is 24.5. The molecular formula is C15H19NO4. The molecule has 0 saturated carbocycles. The molecule has 0 aliphatic carbocycles. The van der Waals surface area contributed by atoms with E-state index in [1.165, 1.54) is 0 Å². The molecule has 1 aliphatic rings. The lowest BCUT2D eigenvalue weighted by atomic mass is 9.93. The molecule has 1 fully saturated rings. The molecule has 20 heavy (non-hydrogen) atoms. The van der Waals surface area contributed by atoms with Crippen molar-refractivity contribution in [2.75, 3.05) is 13.1 Å². The molecule has 1 aliphatic heterocycles. The molecule has 0 amide bonds. The summed E-state index contributed by atoms with van der Waals surface area (Å²) in [5, 5.41) is 18.7. The standard InChI is InChI=1S/C15H19NO4/c1-10-5-2-3-7-12(10)13(15(19)20)16-8-4-6-11(9-16)14(17)18/h2-3,5,7,11,13H,4,6,8-9H2,1H3,(H,17,18)(H,19,20). The van der Waals surface area contributed by atoms with Gasteiger partial charge in [0.25, 0.3) is 0 Å². The van der Waals surface area contributed by atoms with Crippen LogP contribution in [0.3, 0.4) is 0 Å². The smallest absolute Gasteiger partial charge is 0.325 e. The second-order valence-electron chi connectivity index (χ2n) is 5.27. The molecule has 5 nitrogen and oxygen atoms in total. The van der Waals surface area contributed by atoms with E-state index in [2.05, 4.69) is 0 Å². The van der Waals surface area contributed by atoms with E-state index in [-0.39, 0.29) is 0 Å². The molecule has 2 N–H and O–H groups in total. The van der Waals surface area contributed by atoms with Gasteiger partial charge in [0, 0.05) is 6.54 Å². The summed E-state index contributed by atoms with van der Waals surface area (Å²) in [5.74, 6) is -2.25. The van der Waals surface area contributed by atoms with Crippen LogP contribution in [0.5, 0.6) is 0 Å². The van der Waals surface area contributed by atoms with Crippen molar-refractivity contribution in [1.29, 1.82) is 0 Å². The van der Waals surface area contributed by atoms with Gasteiger partial charge in [-0.2, -0.15) is 0 Å². The van der Waals surface area contributed by atoms with Gasteiger partial charge in [0.15, 0.2) is 0 Å². The molecule has 1 saturated heterocycles. The first-order valence-electron chi connectivity index (χ1n) is 6.76. The van der Waals surface area contributed by atoms with Gasteiger partial charge in [0.2, 0.25) is 0 Å². The molecule has 1 aromatic rings. The van der Waals surface area contributed by atoms with Gasteiger partial charge in [-0.25, -0.2) is 0 Å². The highest BCUT2D eigenvalue weighted by Gasteiger charge is 2.34. The maximum absolute atomic E-state index is 11.6. The first-order chi connectivity index (χ1) is 9.50. The normalized spacial score (nSPS) is 21.4. The van der Waals surface area contributed by atoms with Gasteiger partial charge in [-0.3, -0.25) is 14.5 Å². The highest BCUT2D eigenvalue weighted by molar-refractivity contribution is 5.76. The number of carbonyl (C=O) groups is 2. The number of hydrogen-bond donors (Lipinski definition) is 2. The second-order valence-corrected chi connectivity index (χ2v) is 5.27. The van der Waals surface area contributed by atoms with Gasteiger partial charge in [-0.15, -0.1) is 0 Å². The number of hydrogen-bond acceptors (Lipinski definition) is 3. The highest BCUT2D eigenvalue weighted by Crippen LogP contribution is 2.29. The number of nitrogens with zero attached hydrogens (tertiary/aromatic N) is 1. The third kappa shape index (κ3) is 2.99. The van der Waals surface area contributed by atoms with E-state index in [1.807, 2.05) is 25.1 Å². The predicted octanol–water partition coefficient (Wildman–Crippen LogP) is 1.92. The molecule has 0 radical (unpaired) electrons. The van der Waals surface area contributed by atoms with Crippen molar-refractivity contribution in [1.82, 2.24) is 4.90 Å². The highest BCUT2D eigenvalue weighted by atomic mass is 16.4.